The number of benzene rings is 2. The molecule has 0 bridgehead atoms. The second-order valence-corrected chi connectivity index (χ2v) is 6.44. The fourth-order valence-corrected chi connectivity index (χ4v) is 3.12. The third kappa shape index (κ3) is 4.53. The first kappa shape index (κ1) is 18.6. The van der Waals surface area contributed by atoms with Gasteiger partial charge in [-0.2, -0.15) is 0 Å². The zero-order valence-corrected chi connectivity index (χ0v) is 15.3. The number of carbonyl (C=O) groups is 3. The molecule has 0 aliphatic carbocycles. The molecule has 1 heterocycles. The summed E-state index contributed by atoms with van der Waals surface area (Å²) in [6.07, 6.45) is 2.24. The average Bonchev–Trinajstić information content (AvgIpc) is 3.12. The zero-order valence-electron chi connectivity index (χ0n) is 15.3. The van der Waals surface area contributed by atoms with E-state index in [-0.39, 0.29) is 24.3 Å². The van der Waals surface area contributed by atoms with Gasteiger partial charge in [-0.25, -0.2) is 0 Å². The number of amides is 3. The molecule has 3 amide bonds. The lowest BCUT2D eigenvalue weighted by molar-refractivity contribution is -0.117. The summed E-state index contributed by atoms with van der Waals surface area (Å²) in [5.74, 6) is -0.493. The highest BCUT2D eigenvalue weighted by molar-refractivity contribution is 6.00. The molecular formula is C21H23N3O3. The number of nitrogens with one attached hydrogen (secondary N) is 2. The molecule has 0 spiro atoms. The van der Waals surface area contributed by atoms with Crippen LogP contribution in [0.15, 0.2) is 48.5 Å². The summed E-state index contributed by atoms with van der Waals surface area (Å²) in [6, 6.07) is 14.4. The highest BCUT2D eigenvalue weighted by Gasteiger charge is 2.21. The van der Waals surface area contributed by atoms with Crippen LogP contribution in [0.4, 0.5) is 11.4 Å². The monoisotopic (exact) mass is 365 g/mol. The predicted molar refractivity (Wildman–Crippen MR) is 105 cm³/mol. The summed E-state index contributed by atoms with van der Waals surface area (Å²) in [7, 11) is 0. The van der Waals surface area contributed by atoms with Crippen molar-refractivity contribution >= 4 is 29.1 Å². The van der Waals surface area contributed by atoms with Crippen LogP contribution in [0.25, 0.3) is 0 Å². The van der Waals surface area contributed by atoms with E-state index in [0.717, 1.165) is 29.8 Å². The van der Waals surface area contributed by atoms with Crippen molar-refractivity contribution in [1.82, 2.24) is 5.32 Å². The first-order chi connectivity index (χ1) is 13.1. The first-order valence-corrected chi connectivity index (χ1v) is 9.15. The van der Waals surface area contributed by atoms with Gasteiger partial charge in [0.05, 0.1) is 6.54 Å². The standard InChI is InChI=1S/C21H23N3O3/c1-2-15-6-3-4-7-18(15)23-19(25)14-22-21(27)16-9-11-17(12-10-16)24-13-5-8-20(24)26/h3-4,6-7,9-12H,2,5,8,13-14H2,1H3,(H,22,27)(H,23,25). The Hall–Kier alpha value is -3.15. The molecule has 2 aromatic rings. The van der Waals surface area contributed by atoms with Gasteiger partial charge in [0.25, 0.3) is 5.91 Å². The molecule has 2 aromatic carbocycles. The van der Waals surface area contributed by atoms with Gasteiger partial charge in [-0.1, -0.05) is 25.1 Å². The number of aryl methyl sites for hydroxylation is 1. The third-order valence-corrected chi connectivity index (χ3v) is 4.60. The van der Waals surface area contributed by atoms with Crippen LogP contribution in [0.3, 0.4) is 0 Å². The molecule has 27 heavy (non-hydrogen) atoms. The third-order valence-electron chi connectivity index (χ3n) is 4.60. The van der Waals surface area contributed by atoms with Crippen LogP contribution in [-0.4, -0.2) is 30.8 Å². The minimum absolute atomic E-state index is 0.108. The highest BCUT2D eigenvalue weighted by atomic mass is 16.2. The van der Waals surface area contributed by atoms with Gasteiger partial charge in [-0.15, -0.1) is 0 Å². The van der Waals surface area contributed by atoms with Crippen molar-refractivity contribution in [1.29, 1.82) is 0 Å². The van der Waals surface area contributed by atoms with E-state index in [0.29, 0.717) is 18.5 Å². The SMILES string of the molecule is CCc1ccccc1NC(=O)CNC(=O)c1ccc(N2CCCC2=O)cc1. The first-order valence-electron chi connectivity index (χ1n) is 9.15. The van der Waals surface area contributed by atoms with E-state index in [9.17, 15) is 14.4 Å². The second kappa shape index (κ2) is 8.49. The number of nitrogens with zero attached hydrogens (tertiary/aromatic N) is 1. The molecule has 0 aromatic heterocycles. The summed E-state index contributed by atoms with van der Waals surface area (Å²) in [6.45, 7) is 2.62. The van der Waals surface area contributed by atoms with Crippen molar-refractivity contribution < 1.29 is 14.4 Å². The Morgan fingerprint density at radius 1 is 1.07 bits per heavy atom. The summed E-state index contributed by atoms with van der Waals surface area (Å²) in [5.41, 5.74) is 3.05. The Bertz CT molecular complexity index is 846. The molecule has 1 aliphatic heterocycles. The normalized spacial score (nSPS) is 13.5. The minimum Gasteiger partial charge on any atom is -0.343 e. The van der Waals surface area contributed by atoms with E-state index in [1.807, 2.05) is 31.2 Å². The van der Waals surface area contributed by atoms with Gasteiger partial charge < -0.3 is 15.5 Å². The van der Waals surface area contributed by atoms with Gasteiger partial charge in [-0.05, 0) is 48.7 Å². The van der Waals surface area contributed by atoms with E-state index in [4.69, 9.17) is 0 Å². The van der Waals surface area contributed by atoms with Crippen LogP contribution in [0, 0.1) is 0 Å². The quantitative estimate of drug-likeness (QED) is 0.826. The fraction of sp³-hybridized carbons (Fsp3) is 0.286. The molecule has 1 saturated heterocycles. The van der Waals surface area contributed by atoms with Gasteiger partial charge in [0.1, 0.15) is 0 Å². The fourth-order valence-electron chi connectivity index (χ4n) is 3.12. The average molecular weight is 365 g/mol. The number of para-hydroxylation sites is 1. The zero-order chi connectivity index (χ0) is 19.2. The number of hydrogen-bond donors (Lipinski definition) is 2. The largest absolute Gasteiger partial charge is 0.343 e. The number of carbonyl (C=O) groups excluding carboxylic acids is 3. The Morgan fingerprint density at radius 2 is 1.81 bits per heavy atom. The Morgan fingerprint density at radius 3 is 2.48 bits per heavy atom. The molecule has 6 heteroatoms. The number of rotatable bonds is 6. The molecule has 2 N–H and O–H groups in total. The van der Waals surface area contributed by atoms with Crippen molar-refractivity contribution in [2.45, 2.75) is 26.2 Å². The Balaban J connectivity index is 1.54. The molecule has 6 nitrogen and oxygen atoms in total. The van der Waals surface area contributed by atoms with E-state index < -0.39 is 0 Å². The number of anilines is 2. The minimum atomic E-state index is -0.326. The second-order valence-electron chi connectivity index (χ2n) is 6.44. The summed E-state index contributed by atoms with van der Waals surface area (Å²) in [5, 5.41) is 5.44. The molecular weight excluding hydrogens is 342 g/mol. The van der Waals surface area contributed by atoms with Gasteiger partial charge in [-0.3, -0.25) is 14.4 Å². The predicted octanol–water partition coefficient (Wildman–Crippen LogP) is 2.74. The van der Waals surface area contributed by atoms with Crippen LogP contribution in [0.1, 0.15) is 35.7 Å². The van der Waals surface area contributed by atoms with Crippen LogP contribution >= 0.6 is 0 Å². The topological polar surface area (TPSA) is 78.5 Å². The lowest BCUT2D eigenvalue weighted by atomic mass is 10.1. The van der Waals surface area contributed by atoms with Crippen LogP contribution in [0.5, 0.6) is 0 Å². The maximum atomic E-state index is 12.2. The van der Waals surface area contributed by atoms with Crippen molar-refractivity contribution in [2.24, 2.45) is 0 Å². The maximum absolute atomic E-state index is 12.2. The van der Waals surface area contributed by atoms with Gasteiger partial charge in [0.15, 0.2) is 0 Å². The van der Waals surface area contributed by atoms with Crippen LogP contribution in [0.2, 0.25) is 0 Å². The van der Waals surface area contributed by atoms with E-state index >= 15 is 0 Å². The Labute approximate surface area is 158 Å². The van der Waals surface area contributed by atoms with Crippen LogP contribution in [-0.2, 0) is 16.0 Å². The molecule has 0 radical (unpaired) electrons. The molecule has 0 unspecified atom stereocenters. The Kier molecular flexibility index (Phi) is 5.86. The van der Waals surface area contributed by atoms with Crippen molar-refractivity contribution in [3.8, 4) is 0 Å². The van der Waals surface area contributed by atoms with E-state index in [2.05, 4.69) is 10.6 Å². The number of hydrogen-bond acceptors (Lipinski definition) is 3. The van der Waals surface area contributed by atoms with Gasteiger partial charge in [0.2, 0.25) is 11.8 Å². The summed E-state index contributed by atoms with van der Waals surface area (Å²) >= 11 is 0. The molecule has 1 aliphatic rings. The van der Waals surface area contributed by atoms with E-state index in [1.54, 1.807) is 29.2 Å². The van der Waals surface area contributed by atoms with Crippen molar-refractivity contribution in [2.75, 3.05) is 23.3 Å². The summed E-state index contributed by atoms with van der Waals surface area (Å²) in [4.78, 5) is 37.9. The van der Waals surface area contributed by atoms with Crippen molar-refractivity contribution in [3.63, 3.8) is 0 Å². The van der Waals surface area contributed by atoms with E-state index in [1.165, 1.54) is 0 Å². The van der Waals surface area contributed by atoms with Gasteiger partial charge >= 0.3 is 0 Å². The molecule has 140 valence electrons. The summed E-state index contributed by atoms with van der Waals surface area (Å²) < 4.78 is 0. The molecule has 0 atom stereocenters. The molecule has 0 saturated carbocycles. The smallest absolute Gasteiger partial charge is 0.251 e. The molecule has 1 fully saturated rings. The lowest BCUT2D eigenvalue weighted by Crippen LogP contribution is -2.33. The van der Waals surface area contributed by atoms with Crippen molar-refractivity contribution in [3.05, 3.63) is 59.7 Å². The lowest BCUT2D eigenvalue weighted by Gasteiger charge is -2.15. The van der Waals surface area contributed by atoms with Crippen LogP contribution < -0.4 is 15.5 Å². The maximum Gasteiger partial charge on any atom is 0.251 e. The van der Waals surface area contributed by atoms with Gasteiger partial charge in [0, 0.05) is 29.9 Å². The highest BCUT2D eigenvalue weighted by Crippen LogP contribution is 2.21. The molecule has 3 rings (SSSR count).